The van der Waals surface area contributed by atoms with Crippen LogP contribution in [0.4, 0.5) is 0 Å². The summed E-state index contributed by atoms with van der Waals surface area (Å²) >= 11 is -2.36. The molecule has 1 fully saturated rings. The van der Waals surface area contributed by atoms with Crippen molar-refractivity contribution in [2.75, 3.05) is 13.2 Å². The molecule has 0 aliphatic carbocycles. The van der Waals surface area contributed by atoms with E-state index in [1.807, 2.05) is 0 Å². The molecule has 0 unspecified atom stereocenters. The van der Waals surface area contributed by atoms with Gasteiger partial charge in [-0.3, -0.25) is 0 Å². The summed E-state index contributed by atoms with van der Waals surface area (Å²) in [6, 6.07) is 0. The number of unbranched alkanes of at least 4 members (excludes halogenated alkanes) is 3. The fourth-order valence-corrected chi connectivity index (χ4v) is 18.2. The number of hydrogen-bond donors (Lipinski definition) is 0. The van der Waals surface area contributed by atoms with Crippen LogP contribution in [0.3, 0.4) is 0 Å². The zero-order valence-corrected chi connectivity index (χ0v) is 25.9. The van der Waals surface area contributed by atoms with Gasteiger partial charge in [-0.05, 0) is 0 Å². The summed E-state index contributed by atoms with van der Waals surface area (Å²) in [4.78, 5) is 0. The topological polar surface area (TPSA) is 27.7 Å². The van der Waals surface area contributed by atoms with Crippen LogP contribution in [0.25, 0.3) is 0 Å². The number of hydrogen-bond acceptors (Lipinski definition) is 3. The quantitative estimate of drug-likeness (QED) is 0.160. The van der Waals surface area contributed by atoms with Gasteiger partial charge in [0, 0.05) is 0 Å². The van der Waals surface area contributed by atoms with E-state index in [1.165, 1.54) is 51.8 Å². The van der Waals surface area contributed by atoms with E-state index < -0.39 is 26.7 Å². The maximum absolute atomic E-state index is 6.35. The first-order chi connectivity index (χ1) is 14.6. The molecule has 0 bridgehead atoms. The minimum absolute atomic E-state index is 0.103. The Bertz CT molecular complexity index is 525. The van der Waals surface area contributed by atoms with Gasteiger partial charge in [-0.1, -0.05) is 0 Å². The fourth-order valence-electron chi connectivity index (χ4n) is 3.90. The molecule has 0 aromatic rings. The SMILES string of the molecule is CCC[CH2][Sn]([C]#CCO[C@H]1CC[C@@H](CO[Si](C)(C)C(C)(C)C)O1)([CH2]CCC)[CH2]CCC. The average molecular weight is 559 g/mol. The third-order valence-electron chi connectivity index (χ3n) is 7.23. The second-order valence-electron chi connectivity index (χ2n) is 11.0. The maximum atomic E-state index is 6.35. The van der Waals surface area contributed by atoms with E-state index in [4.69, 9.17) is 13.9 Å². The van der Waals surface area contributed by atoms with E-state index in [0.29, 0.717) is 13.2 Å². The Labute approximate surface area is 199 Å². The molecule has 1 saturated heterocycles. The predicted molar refractivity (Wildman–Crippen MR) is 140 cm³/mol. The van der Waals surface area contributed by atoms with E-state index in [2.05, 4.69) is 64.5 Å². The van der Waals surface area contributed by atoms with Crippen LogP contribution in [-0.2, 0) is 13.9 Å². The van der Waals surface area contributed by atoms with Crippen molar-refractivity contribution in [3.8, 4) is 9.86 Å². The molecule has 5 heteroatoms. The van der Waals surface area contributed by atoms with Crippen LogP contribution in [0, 0.1) is 9.86 Å². The Balaban J connectivity index is 2.55. The van der Waals surface area contributed by atoms with Gasteiger partial charge in [0.1, 0.15) is 0 Å². The van der Waals surface area contributed by atoms with E-state index in [9.17, 15) is 0 Å². The molecular formula is C26H52O3SiSn. The Morgan fingerprint density at radius 3 is 1.97 bits per heavy atom. The fraction of sp³-hybridized carbons (Fsp3) is 0.923. The number of rotatable bonds is 14. The van der Waals surface area contributed by atoms with E-state index >= 15 is 0 Å². The molecule has 0 aromatic carbocycles. The molecule has 182 valence electrons. The monoisotopic (exact) mass is 560 g/mol. The summed E-state index contributed by atoms with van der Waals surface area (Å²) < 4.78 is 26.7. The second kappa shape index (κ2) is 14.7. The van der Waals surface area contributed by atoms with Gasteiger partial charge in [0.25, 0.3) is 0 Å². The third kappa shape index (κ3) is 11.0. The van der Waals surface area contributed by atoms with Gasteiger partial charge in [-0.2, -0.15) is 0 Å². The summed E-state index contributed by atoms with van der Waals surface area (Å²) in [6.45, 7) is 19.6. The minimum atomic E-state index is -2.36. The Morgan fingerprint density at radius 1 is 0.935 bits per heavy atom. The third-order valence-corrected chi connectivity index (χ3v) is 25.0. The Morgan fingerprint density at radius 2 is 1.48 bits per heavy atom. The number of ether oxygens (including phenoxy) is 2. The van der Waals surface area contributed by atoms with Gasteiger partial charge in [0.15, 0.2) is 0 Å². The van der Waals surface area contributed by atoms with Crippen LogP contribution in [0.2, 0.25) is 31.4 Å². The van der Waals surface area contributed by atoms with Crippen LogP contribution in [-0.4, -0.2) is 52.3 Å². The molecule has 3 nitrogen and oxygen atoms in total. The van der Waals surface area contributed by atoms with Gasteiger partial charge in [0.2, 0.25) is 0 Å². The molecule has 0 amide bonds. The van der Waals surface area contributed by atoms with Gasteiger partial charge in [-0.15, -0.1) is 0 Å². The first-order valence-electron chi connectivity index (χ1n) is 13.0. The summed E-state index contributed by atoms with van der Waals surface area (Å²) in [5.74, 6) is 3.49. The van der Waals surface area contributed by atoms with Crippen LogP contribution in [0.1, 0.15) is 92.9 Å². The van der Waals surface area contributed by atoms with Crippen LogP contribution in [0.5, 0.6) is 0 Å². The Kier molecular flexibility index (Phi) is 13.9. The van der Waals surface area contributed by atoms with Crippen molar-refractivity contribution in [1.29, 1.82) is 0 Å². The first kappa shape index (κ1) is 29.5. The molecule has 0 radical (unpaired) electrons. The van der Waals surface area contributed by atoms with Crippen molar-refractivity contribution in [1.82, 2.24) is 0 Å². The summed E-state index contributed by atoms with van der Waals surface area (Å²) in [7, 11) is -1.72. The second-order valence-corrected chi connectivity index (χ2v) is 28.2. The van der Waals surface area contributed by atoms with E-state index in [1.54, 1.807) is 0 Å². The first-order valence-corrected chi connectivity index (χ1v) is 23.4. The predicted octanol–water partition coefficient (Wildman–Crippen LogP) is 7.92. The van der Waals surface area contributed by atoms with Crippen molar-refractivity contribution < 1.29 is 13.9 Å². The molecule has 1 rings (SSSR count). The molecule has 1 aliphatic heterocycles. The molecule has 2 atom stereocenters. The van der Waals surface area contributed by atoms with Gasteiger partial charge in [0.05, 0.1) is 0 Å². The van der Waals surface area contributed by atoms with E-state index in [0.717, 1.165) is 12.8 Å². The van der Waals surface area contributed by atoms with Crippen molar-refractivity contribution in [3.63, 3.8) is 0 Å². The van der Waals surface area contributed by atoms with Crippen molar-refractivity contribution in [2.24, 2.45) is 0 Å². The van der Waals surface area contributed by atoms with Crippen molar-refractivity contribution in [2.45, 2.75) is 137 Å². The summed E-state index contributed by atoms with van der Waals surface area (Å²) in [6.07, 6.45) is 10.0. The molecule has 1 heterocycles. The summed E-state index contributed by atoms with van der Waals surface area (Å²) in [5, 5.41) is 0.239. The van der Waals surface area contributed by atoms with Gasteiger partial charge < -0.3 is 0 Å². The van der Waals surface area contributed by atoms with Crippen molar-refractivity contribution in [3.05, 3.63) is 0 Å². The molecule has 31 heavy (non-hydrogen) atoms. The van der Waals surface area contributed by atoms with Crippen LogP contribution in [0.15, 0.2) is 0 Å². The molecule has 0 spiro atoms. The summed E-state index contributed by atoms with van der Waals surface area (Å²) in [5.41, 5.74) is 0. The zero-order valence-electron chi connectivity index (χ0n) is 22.1. The van der Waals surface area contributed by atoms with Crippen LogP contribution >= 0.6 is 0 Å². The van der Waals surface area contributed by atoms with E-state index in [-0.39, 0.29) is 17.4 Å². The molecule has 1 aliphatic rings. The molecular weight excluding hydrogens is 507 g/mol. The van der Waals surface area contributed by atoms with Crippen molar-refractivity contribution >= 4 is 26.7 Å². The Hall–Kier alpha value is 0.456. The van der Waals surface area contributed by atoms with Crippen LogP contribution < -0.4 is 0 Å². The standard InChI is InChI=1S/C14H25O3Si.3C4H9.Sn/c1-7-10-15-13-9-8-12(17-13)11-16-18(5,6)14(2,3)4;3*1-3-4-2;/h12-13H,8-11H2,2-6H3;3*1,3-4H2,2H3;/t12-,13+;;;;/m0..../s1. The normalized spacial score (nSPS) is 20.0. The molecule has 0 N–H and O–H groups in total. The average Bonchev–Trinajstić information content (AvgIpc) is 3.17. The van der Waals surface area contributed by atoms with Gasteiger partial charge in [-0.25, -0.2) is 0 Å². The zero-order chi connectivity index (χ0) is 23.4. The van der Waals surface area contributed by atoms with Gasteiger partial charge >= 0.3 is 200 Å². The molecule has 0 aromatic heterocycles. The molecule has 0 saturated carbocycles.